The minimum Gasteiger partial charge on any atom is -0.490 e. The summed E-state index contributed by atoms with van der Waals surface area (Å²) in [6.07, 6.45) is 2.16. The minimum atomic E-state index is 0.286. The predicted molar refractivity (Wildman–Crippen MR) is 89.3 cm³/mol. The number of ether oxygens (including phenoxy) is 2. The van der Waals surface area contributed by atoms with Crippen molar-refractivity contribution in [1.29, 1.82) is 0 Å². The topological polar surface area (TPSA) is 18.5 Å². The number of alkyl halides is 1. The lowest BCUT2D eigenvalue weighted by molar-refractivity contribution is 0.287. The van der Waals surface area contributed by atoms with E-state index in [2.05, 4.69) is 48.8 Å². The Morgan fingerprint density at radius 1 is 1.05 bits per heavy atom. The van der Waals surface area contributed by atoms with Crippen LogP contribution in [0.15, 0.2) is 18.2 Å². The van der Waals surface area contributed by atoms with E-state index in [9.17, 15) is 0 Å². The number of benzene rings is 1. The van der Waals surface area contributed by atoms with Crippen LogP contribution in [0.3, 0.4) is 0 Å². The second kappa shape index (κ2) is 7.92. The summed E-state index contributed by atoms with van der Waals surface area (Å²) >= 11 is 3.79. The maximum atomic E-state index is 5.67. The largest absolute Gasteiger partial charge is 0.490 e. The quantitative estimate of drug-likeness (QED) is 0.632. The summed E-state index contributed by atoms with van der Waals surface area (Å²) < 4.78 is 11.3. The van der Waals surface area contributed by atoms with Gasteiger partial charge in [-0.3, -0.25) is 0 Å². The smallest absolute Gasteiger partial charge is 0.161 e. The third-order valence-corrected chi connectivity index (χ3v) is 5.07. The van der Waals surface area contributed by atoms with Gasteiger partial charge in [0.05, 0.1) is 13.2 Å². The van der Waals surface area contributed by atoms with Crippen LogP contribution < -0.4 is 9.47 Å². The van der Waals surface area contributed by atoms with Gasteiger partial charge in [0.25, 0.3) is 0 Å². The molecule has 0 aromatic heterocycles. The zero-order chi connectivity index (χ0) is 15.2. The highest BCUT2D eigenvalue weighted by atomic mass is 79.9. The third kappa shape index (κ3) is 5.35. The van der Waals surface area contributed by atoms with Gasteiger partial charge in [0, 0.05) is 4.83 Å². The molecule has 0 radical (unpaired) electrons. The molecule has 3 heteroatoms. The maximum Gasteiger partial charge on any atom is 0.161 e. The number of aryl methyl sites for hydroxylation is 1. The molecule has 0 aliphatic rings. The SMILES string of the molecule is CCOc1ccc(CCC(Br)C(C)(C)C)cc1OCC. The zero-order valence-electron chi connectivity index (χ0n) is 13.3. The summed E-state index contributed by atoms with van der Waals surface area (Å²) in [6.45, 7) is 12.1. The van der Waals surface area contributed by atoms with Gasteiger partial charge < -0.3 is 9.47 Å². The molecule has 0 aliphatic heterocycles. The molecule has 1 unspecified atom stereocenters. The van der Waals surface area contributed by atoms with Crippen LogP contribution in [0.5, 0.6) is 11.5 Å². The molecule has 0 N–H and O–H groups in total. The molecule has 0 bridgehead atoms. The molecule has 0 heterocycles. The molecule has 1 rings (SSSR count). The Morgan fingerprint density at radius 2 is 1.65 bits per heavy atom. The monoisotopic (exact) mass is 342 g/mol. The van der Waals surface area contributed by atoms with Gasteiger partial charge in [-0.05, 0) is 49.8 Å². The lowest BCUT2D eigenvalue weighted by Crippen LogP contribution is -2.20. The number of halogens is 1. The highest BCUT2D eigenvalue weighted by Gasteiger charge is 2.21. The van der Waals surface area contributed by atoms with Crippen LogP contribution in [0.4, 0.5) is 0 Å². The molecule has 2 nitrogen and oxygen atoms in total. The van der Waals surface area contributed by atoms with Gasteiger partial charge in [0.2, 0.25) is 0 Å². The van der Waals surface area contributed by atoms with Crippen molar-refractivity contribution in [1.82, 2.24) is 0 Å². The van der Waals surface area contributed by atoms with E-state index in [1.165, 1.54) is 5.56 Å². The van der Waals surface area contributed by atoms with E-state index in [0.717, 1.165) is 24.3 Å². The summed E-state index contributed by atoms with van der Waals surface area (Å²) in [4.78, 5) is 0.511. The van der Waals surface area contributed by atoms with Crippen molar-refractivity contribution >= 4 is 15.9 Å². The Balaban J connectivity index is 2.74. The van der Waals surface area contributed by atoms with Crippen molar-refractivity contribution in [2.24, 2.45) is 5.41 Å². The predicted octanol–water partition coefficient (Wildman–Crippen LogP) is 5.23. The lowest BCUT2D eigenvalue weighted by atomic mass is 9.89. The van der Waals surface area contributed by atoms with E-state index in [1.54, 1.807) is 0 Å². The summed E-state index contributed by atoms with van der Waals surface area (Å²) in [5.74, 6) is 1.69. The first-order valence-electron chi connectivity index (χ1n) is 7.41. The molecule has 0 saturated heterocycles. The molecule has 0 spiro atoms. The molecule has 1 aromatic rings. The average Bonchev–Trinajstić information content (AvgIpc) is 2.38. The third-order valence-electron chi connectivity index (χ3n) is 3.23. The van der Waals surface area contributed by atoms with E-state index in [1.807, 2.05) is 19.9 Å². The molecule has 114 valence electrons. The fourth-order valence-corrected chi connectivity index (χ4v) is 2.21. The van der Waals surface area contributed by atoms with Gasteiger partial charge in [0.15, 0.2) is 11.5 Å². The fraction of sp³-hybridized carbons (Fsp3) is 0.647. The summed E-state index contributed by atoms with van der Waals surface area (Å²) in [7, 11) is 0. The van der Waals surface area contributed by atoms with Crippen molar-refractivity contribution in [3.8, 4) is 11.5 Å². The molecule has 1 aromatic carbocycles. The van der Waals surface area contributed by atoms with E-state index >= 15 is 0 Å². The standard InChI is InChI=1S/C17H27BrO2/c1-6-19-14-10-8-13(12-15(14)20-7-2)9-11-16(18)17(3,4)5/h8,10,12,16H,6-7,9,11H2,1-5H3. The van der Waals surface area contributed by atoms with Crippen LogP contribution in [0.2, 0.25) is 0 Å². The Bertz CT molecular complexity index is 410. The van der Waals surface area contributed by atoms with Crippen molar-refractivity contribution < 1.29 is 9.47 Å². The van der Waals surface area contributed by atoms with Crippen molar-refractivity contribution in [3.63, 3.8) is 0 Å². The van der Waals surface area contributed by atoms with Crippen LogP contribution in [0, 0.1) is 5.41 Å². The van der Waals surface area contributed by atoms with Gasteiger partial charge in [-0.15, -0.1) is 0 Å². The van der Waals surface area contributed by atoms with E-state index in [-0.39, 0.29) is 5.41 Å². The highest BCUT2D eigenvalue weighted by molar-refractivity contribution is 9.09. The van der Waals surface area contributed by atoms with E-state index < -0.39 is 0 Å². The van der Waals surface area contributed by atoms with Gasteiger partial charge in [0.1, 0.15) is 0 Å². The van der Waals surface area contributed by atoms with Crippen LogP contribution >= 0.6 is 15.9 Å². The molecule has 20 heavy (non-hydrogen) atoms. The average molecular weight is 343 g/mol. The molecular weight excluding hydrogens is 316 g/mol. The minimum absolute atomic E-state index is 0.286. The number of hydrogen-bond donors (Lipinski definition) is 0. The second-order valence-corrected chi connectivity index (χ2v) is 7.12. The van der Waals surface area contributed by atoms with Crippen LogP contribution in [0.1, 0.15) is 46.6 Å². The molecule has 0 fully saturated rings. The second-order valence-electron chi connectivity index (χ2n) is 6.02. The van der Waals surface area contributed by atoms with Crippen molar-refractivity contribution in [2.45, 2.75) is 52.3 Å². The van der Waals surface area contributed by atoms with Crippen LogP contribution in [-0.4, -0.2) is 18.0 Å². The molecular formula is C17H27BrO2. The highest BCUT2D eigenvalue weighted by Crippen LogP contribution is 2.32. The first-order chi connectivity index (χ1) is 9.38. The Morgan fingerprint density at radius 3 is 2.20 bits per heavy atom. The van der Waals surface area contributed by atoms with Crippen LogP contribution in [-0.2, 0) is 6.42 Å². The Kier molecular flexibility index (Phi) is 6.87. The molecule has 0 amide bonds. The van der Waals surface area contributed by atoms with Gasteiger partial charge >= 0.3 is 0 Å². The summed E-state index contributed by atoms with van der Waals surface area (Å²) in [6, 6.07) is 6.26. The van der Waals surface area contributed by atoms with E-state index in [4.69, 9.17) is 9.47 Å². The molecule has 0 aliphatic carbocycles. The lowest BCUT2D eigenvalue weighted by Gasteiger charge is -2.25. The van der Waals surface area contributed by atoms with Crippen LogP contribution in [0.25, 0.3) is 0 Å². The summed E-state index contributed by atoms with van der Waals surface area (Å²) in [5.41, 5.74) is 1.58. The number of hydrogen-bond acceptors (Lipinski definition) is 2. The Hall–Kier alpha value is -0.700. The molecule has 1 atom stereocenters. The maximum absolute atomic E-state index is 5.67. The fourth-order valence-electron chi connectivity index (χ4n) is 1.98. The van der Waals surface area contributed by atoms with Crippen molar-refractivity contribution in [2.75, 3.05) is 13.2 Å². The Labute approximate surface area is 132 Å². The van der Waals surface area contributed by atoms with Gasteiger partial charge in [-0.2, -0.15) is 0 Å². The van der Waals surface area contributed by atoms with Crippen molar-refractivity contribution in [3.05, 3.63) is 23.8 Å². The normalized spacial score (nSPS) is 13.1. The first-order valence-corrected chi connectivity index (χ1v) is 8.32. The first kappa shape index (κ1) is 17.4. The number of rotatable bonds is 7. The summed E-state index contributed by atoms with van der Waals surface area (Å²) in [5, 5.41) is 0. The van der Waals surface area contributed by atoms with Gasteiger partial charge in [-0.1, -0.05) is 42.8 Å². The van der Waals surface area contributed by atoms with Gasteiger partial charge in [-0.25, -0.2) is 0 Å². The van der Waals surface area contributed by atoms with E-state index in [0.29, 0.717) is 18.0 Å². The molecule has 0 saturated carbocycles. The zero-order valence-corrected chi connectivity index (χ0v) is 14.9.